The first-order valence-electron chi connectivity index (χ1n) is 8.60. The molecule has 0 bridgehead atoms. The first kappa shape index (κ1) is 17.6. The molecule has 3 rings (SSSR count). The van der Waals surface area contributed by atoms with Gasteiger partial charge in [0, 0.05) is 35.9 Å². The fourth-order valence-corrected chi connectivity index (χ4v) is 3.96. The van der Waals surface area contributed by atoms with Crippen LogP contribution >= 0.6 is 11.3 Å². The maximum Gasteiger partial charge on any atom is 0.191 e. The Labute approximate surface area is 153 Å². The van der Waals surface area contributed by atoms with Crippen molar-refractivity contribution in [2.75, 3.05) is 32.1 Å². The highest BCUT2D eigenvalue weighted by molar-refractivity contribution is 7.11. The molecule has 0 saturated carbocycles. The molecule has 0 aliphatic carbocycles. The molecule has 2 heterocycles. The number of guanidine groups is 1. The summed E-state index contributed by atoms with van der Waals surface area (Å²) in [7, 11) is 3.55. The number of thiophene rings is 1. The Morgan fingerprint density at radius 3 is 2.88 bits per heavy atom. The van der Waals surface area contributed by atoms with E-state index < -0.39 is 0 Å². The second-order valence-electron chi connectivity index (χ2n) is 6.19. The number of aryl methyl sites for hydroxylation is 1. The first-order chi connectivity index (χ1) is 12.2. The minimum absolute atomic E-state index is 0.376. The molecule has 1 atom stereocenters. The molecule has 1 fully saturated rings. The van der Waals surface area contributed by atoms with E-state index >= 15 is 0 Å². The molecule has 134 valence electrons. The average molecular weight is 359 g/mol. The summed E-state index contributed by atoms with van der Waals surface area (Å²) in [6.45, 7) is 4.89. The van der Waals surface area contributed by atoms with Crippen LogP contribution in [0.3, 0.4) is 0 Å². The van der Waals surface area contributed by atoms with Crippen LogP contribution in [0.25, 0.3) is 0 Å². The summed E-state index contributed by atoms with van der Waals surface area (Å²) in [5.41, 5.74) is 1.16. The van der Waals surface area contributed by atoms with Crippen molar-refractivity contribution in [2.24, 2.45) is 4.99 Å². The predicted octanol–water partition coefficient (Wildman–Crippen LogP) is 3.01. The standard InChI is InChI=1S/C19H26N4OS/c1-14-8-9-16(25-14)12-21-19(20-2)22-15-10-11-23(13-15)17-6-4-5-7-18(17)24-3/h4-9,15H,10-13H2,1-3H3,(H2,20,21,22). The third kappa shape index (κ3) is 4.45. The Hall–Kier alpha value is -2.21. The van der Waals surface area contributed by atoms with Crippen LogP contribution in [-0.4, -0.2) is 39.2 Å². The van der Waals surface area contributed by atoms with Gasteiger partial charge >= 0.3 is 0 Å². The number of rotatable bonds is 5. The summed E-state index contributed by atoms with van der Waals surface area (Å²) in [4.78, 5) is 9.39. The molecular formula is C19H26N4OS. The number of para-hydroxylation sites is 2. The van der Waals surface area contributed by atoms with E-state index in [4.69, 9.17) is 4.74 Å². The summed E-state index contributed by atoms with van der Waals surface area (Å²) in [6.07, 6.45) is 1.08. The van der Waals surface area contributed by atoms with E-state index in [0.717, 1.165) is 43.5 Å². The highest BCUT2D eigenvalue weighted by Crippen LogP contribution is 2.30. The Kier molecular flexibility index (Phi) is 5.81. The van der Waals surface area contributed by atoms with Crippen LogP contribution in [0, 0.1) is 6.92 Å². The first-order valence-corrected chi connectivity index (χ1v) is 9.41. The third-order valence-corrected chi connectivity index (χ3v) is 5.41. The van der Waals surface area contributed by atoms with E-state index in [2.05, 4.69) is 51.7 Å². The molecule has 1 aliphatic heterocycles. The maximum absolute atomic E-state index is 5.49. The van der Waals surface area contributed by atoms with Crippen LogP contribution < -0.4 is 20.3 Å². The second kappa shape index (κ2) is 8.25. The Morgan fingerprint density at radius 1 is 1.32 bits per heavy atom. The van der Waals surface area contributed by atoms with Gasteiger partial charge in [-0.3, -0.25) is 4.99 Å². The summed E-state index contributed by atoms with van der Waals surface area (Å²) >= 11 is 1.82. The van der Waals surface area contributed by atoms with Crippen LogP contribution in [0.15, 0.2) is 41.4 Å². The number of aliphatic imine (C=N–C) groups is 1. The quantitative estimate of drug-likeness (QED) is 0.637. The number of hydrogen-bond donors (Lipinski definition) is 2. The SMILES string of the molecule is CN=C(NCc1ccc(C)s1)NC1CCN(c2ccccc2OC)C1. The lowest BCUT2D eigenvalue weighted by atomic mass is 10.2. The van der Waals surface area contributed by atoms with Crippen molar-refractivity contribution in [3.63, 3.8) is 0 Å². The van der Waals surface area contributed by atoms with Gasteiger partial charge in [0.1, 0.15) is 5.75 Å². The summed E-state index contributed by atoms with van der Waals surface area (Å²) in [5, 5.41) is 6.95. The van der Waals surface area contributed by atoms with E-state index in [0.29, 0.717) is 6.04 Å². The molecule has 0 amide bonds. The molecule has 0 spiro atoms. The van der Waals surface area contributed by atoms with Gasteiger partial charge in [-0.2, -0.15) is 0 Å². The lowest BCUT2D eigenvalue weighted by Gasteiger charge is -2.22. The van der Waals surface area contributed by atoms with Crippen LogP contribution in [0.5, 0.6) is 5.75 Å². The van der Waals surface area contributed by atoms with Crippen LogP contribution in [0.4, 0.5) is 5.69 Å². The van der Waals surface area contributed by atoms with E-state index in [9.17, 15) is 0 Å². The predicted molar refractivity (Wildman–Crippen MR) is 106 cm³/mol. The van der Waals surface area contributed by atoms with Gasteiger partial charge in [-0.05, 0) is 37.6 Å². The van der Waals surface area contributed by atoms with Gasteiger partial charge in [0.05, 0.1) is 19.3 Å². The van der Waals surface area contributed by atoms with Gasteiger partial charge in [-0.25, -0.2) is 0 Å². The molecule has 1 saturated heterocycles. The van der Waals surface area contributed by atoms with E-state index in [1.54, 1.807) is 7.11 Å². The molecular weight excluding hydrogens is 332 g/mol. The highest BCUT2D eigenvalue weighted by atomic mass is 32.1. The molecule has 1 aliphatic rings. The Morgan fingerprint density at radius 2 is 2.16 bits per heavy atom. The van der Waals surface area contributed by atoms with Crippen molar-refractivity contribution >= 4 is 23.0 Å². The number of hydrogen-bond acceptors (Lipinski definition) is 4. The van der Waals surface area contributed by atoms with Gasteiger partial charge in [0.15, 0.2) is 5.96 Å². The lowest BCUT2D eigenvalue weighted by molar-refractivity contribution is 0.415. The number of nitrogens with one attached hydrogen (secondary N) is 2. The Bertz CT molecular complexity index is 728. The zero-order chi connectivity index (χ0) is 17.6. The largest absolute Gasteiger partial charge is 0.495 e. The minimum atomic E-state index is 0.376. The number of ether oxygens (including phenoxy) is 1. The third-order valence-electron chi connectivity index (χ3n) is 4.40. The van der Waals surface area contributed by atoms with Gasteiger partial charge in [0.25, 0.3) is 0 Å². The smallest absolute Gasteiger partial charge is 0.191 e. The maximum atomic E-state index is 5.49. The topological polar surface area (TPSA) is 48.9 Å². The van der Waals surface area contributed by atoms with Gasteiger partial charge in [-0.15, -0.1) is 11.3 Å². The molecule has 6 heteroatoms. The summed E-state index contributed by atoms with van der Waals surface area (Å²) < 4.78 is 5.49. The zero-order valence-corrected chi connectivity index (χ0v) is 15.9. The van der Waals surface area contributed by atoms with Crippen molar-refractivity contribution in [1.82, 2.24) is 10.6 Å². The van der Waals surface area contributed by atoms with Gasteiger partial charge in [0.2, 0.25) is 0 Å². The van der Waals surface area contributed by atoms with Crippen molar-refractivity contribution in [2.45, 2.75) is 25.9 Å². The second-order valence-corrected chi connectivity index (χ2v) is 7.56. The Balaban J connectivity index is 1.54. The summed E-state index contributed by atoms with van der Waals surface area (Å²) in [6, 6.07) is 12.9. The van der Waals surface area contributed by atoms with Crippen molar-refractivity contribution in [3.05, 3.63) is 46.2 Å². The molecule has 25 heavy (non-hydrogen) atoms. The fourth-order valence-electron chi connectivity index (χ4n) is 3.13. The zero-order valence-electron chi connectivity index (χ0n) is 15.1. The van der Waals surface area contributed by atoms with Crippen molar-refractivity contribution in [3.8, 4) is 5.75 Å². The molecule has 1 aromatic carbocycles. The minimum Gasteiger partial charge on any atom is -0.495 e. The molecule has 5 nitrogen and oxygen atoms in total. The van der Waals surface area contributed by atoms with Crippen molar-refractivity contribution < 1.29 is 4.74 Å². The number of anilines is 1. The fraction of sp³-hybridized carbons (Fsp3) is 0.421. The van der Waals surface area contributed by atoms with Crippen LogP contribution in [0.1, 0.15) is 16.2 Å². The van der Waals surface area contributed by atoms with Gasteiger partial charge in [-0.1, -0.05) is 12.1 Å². The number of nitrogens with zero attached hydrogens (tertiary/aromatic N) is 2. The van der Waals surface area contributed by atoms with E-state index in [1.807, 2.05) is 30.5 Å². The van der Waals surface area contributed by atoms with Gasteiger partial charge < -0.3 is 20.3 Å². The van der Waals surface area contributed by atoms with Crippen molar-refractivity contribution in [1.29, 1.82) is 0 Å². The molecule has 0 radical (unpaired) electrons. The van der Waals surface area contributed by atoms with Crippen LogP contribution in [0.2, 0.25) is 0 Å². The highest BCUT2D eigenvalue weighted by Gasteiger charge is 2.25. The number of benzene rings is 1. The molecule has 2 N–H and O–H groups in total. The van der Waals surface area contributed by atoms with E-state index in [1.165, 1.54) is 9.75 Å². The number of methoxy groups -OCH3 is 1. The van der Waals surface area contributed by atoms with E-state index in [-0.39, 0.29) is 0 Å². The van der Waals surface area contributed by atoms with Crippen LogP contribution in [-0.2, 0) is 6.54 Å². The normalized spacial score (nSPS) is 17.6. The molecule has 1 unspecified atom stereocenters. The lowest BCUT2D eigenvalue weighted by Crippen LogP contribution is -2.44. The monoisotopic (exact) mass is 358 g/mol. The summed E-state index contributed by atoms with van der Waals surface area (Å²) in [5.74, 6) is 1.79. The average Bonchev–Trinajstić information content (AvgIpc) is 3.27. The molecule has 1 aromatic heterocycles. The molecule has 2 aromatic rings.